The summed E-state index contributed by atoms with van der Waals surface area (Å²) in [6.45, 7) is -0.654. The highest BCUT2D eigenvalue weighted by Gasteiger charge is 2.47. The van der Waals surface area contributed by atoms with E-state index in [0.29, 0.717) is 12.8 Å². The molecule has 4 nitrogen and oxygen atoms in total. The van der Waals surface area contributed by atoms with Gasteiger partial charge in [0.1, 0.15) is 0 Å². The second-order valence-electron chi connectivity index (χ2n) is 4.14. The lowest BCUT2D eigenvalue weighted by Crippen LogP contribution is -2.43. The molecule has 1 fully saturated rings. The molecule has 0 atom stereocenters. The van der Waals surface area contributed by atoms with Crippen LogP contribution in [0.2, 0.25) is 0 Å². The Morgan fingerprint density at radius 1 is 1.25 bits per heavy atom. The minimum atomic E-state index is -5.29. The van der Waals surface area contributed by atoms with Crippen LogP contribution in [0.25, 0.3) is 0 Å². The van der Waals surface area contributed by atoms with Crippen LogP contribution in [0.5, 0.6) is 0 Å². The molecule has 2 N–H and O–H groups in total. The van der Waals surface area contributed by atoms with Crippen molar-refractivity contribution in [1.82, 2.24) is 4.72 Å². The lowest BCUT2D eigenvalue weighted by molar-refractivity contribution is -0.0451. The van der Waals surface area contributed by atoms with Gasteiger partial charge in [0.05, 0.1) is 0 Å². The van der Waals surface area contributed by atoms with Gasteiger partial charge < -0.3 is 5.11 Å². The third-order valence-electron chi connectivity index (χ3n) is 2.94. The molecule has 96 valence electrons. The van der Waals surface area contributed by atoms with E-state index in [1.54, 1.807) is 0 Å². The number of aliphatic hydroxyl groups excluding tert-OH is 1. The summed E-state index contributed by atoms with van der Waals surface area (Å²) < 4.78 is 59.1. The monoisotopic (exact) mass is 261 g/mol. The first kappa shape index (κ1) is 13.7. The summed E-state index contributed by atoms with van der Waals surface area (Å²) in [5, 5.41) is 9.10. The van der Waals surface area contributed by atoms with Crippen LogP contribution < -0.4 is 4.72 Å². The Morgan fingerprint density at radius 2 is 1.75 bits per heavy atom. The quantitative estimate of drug-likeness (QED) is 0.792. The van der Waals surface area contributed by atoms with Crippen LogP contribution in [0.1, 0.15) is 25.7 Å². The molecule has 0 bridgehead atoms. The van der Waals surface area contributed by atoms with E-state index in [4.69, 9.17) is 5.11 Å². The molecule has 1 rings (SSSR count). The van der Waals surface area contributed by atoms with Crippen molar-refractivity contribution in [3.63, 3.8) is 0 Å². The maximum absolute atomic E-state index is 12.0. The number of aliphatic hydroxyl groups is 1. The molecule has 0 aromatic carbocycles. The minimum Gasteiger partial charge on any atom is -0.396 e. The molecule has 8 heteroatoms. The molecule has 0 radical (unpaired) electrons. The van der Waals surface area contributed by atoms with Gasteiger partial charge in [-0.25, -0.2) is 13.1 Å². The molecule has 0 heterocycles. The molecule has 1 saturated carbocycles. The van der Waals surface area contributed by atoms with Crippen molar-refractivity contribution in [3.8, 4) is 0 Å². The van der Waals surface area contributed by atoms with Crippen molar-refractivity contribution in [2.75, 3.05) is 13.2 Å². The average molecular weight is 261 g/mol. The van der Waals surface area contributed by atoms with Gasteiger partial charge in [-0.3, -0.25) is 0 Å². The Bertz CT molecular complexity index is 333. The van der Waals surface area contributed by atoms with Crippen molar-refractivity contribution in [3.05, 3.63) is 0 Å². The number of sulfonamides is 1. The summed E-state index contributed by atoms with van der Waals surface area (Å²) in [6, 6.07) is 0. The van der Waals surface area contributed by atoms with Crippen molar-refractivity contribution in [1.29, 1.82) is 0 Å². The molecule has 0 aromatic heterocycles. The highest BCUT2D eigenvalue weighted by molar-refractivity contribution is 7.90. The van der Waals surface area contributed by atoms with Crippen LogP contribution in [0, 0.1) is 5.41 Å². The fraction of sp³-hybridized carbons (Fsp3) is 1.00. The summed E-state index contributed by atoms with van der Waals surface area (Å²) in [5.74, 6) is 0. The number of nitrogens with one attached hydrogen (secondary N) is 1. The van der Waals surface area contributed by atoms with Crippen LogP contribution in [0.15, 0.2) is 0 Å². The van der Waals surface area contributed by atoms with Crippen LogP contribution in [0.4, 0.5) is 13.2 Å². The fourth-order valence-electron chi connectivity index (χ4n) is 1.85. The first-order chi connectivity index (χ1) is 7.22. The van der Waals surface area contributed by atoms with Gasteiger partial charge in [0.15, 0.2) is 0 Å². The molecule has 0 amide bonds. The lowest BCUT2D eigenvalue weighted by atomic mass is 9.88. The topological polar surface area (TPSA) is 66.4 Å². The summed E-state index contributed by atoms with van der Waals surface area (Å²) >= 11 is 0. The van der Waals surface area contributed by atoms with Gasteiger partial charge in [-0.05, 0) is 12.8 Å². The Hall–Kier alpha value is -0.340. The predicted molar refractivity (Wildman–Crippen MR) is 51.0 cm³/mol. The third kappa shape index (κ3) is 2.86. The van der Waals surface area contributed by atoms with Gasteiger partial charge in [-0.1, -0.05) is 12.8 Å². The second-order valence-corrected chi connectivity index (χ2v) is 5.89. The van der Waals surface area contributed by atoms with Crippen LogP contribution >= 0.6 is 0 Å². The Labute approximate surface area is 91.9 Å². The minimum absolute atomic E-state index is 0.298. The van der Waals surface area contributed by atoms with Gasteiger partial charge in [0.2, 0.25) is 0 Å². The molecular formula is C8H14F3NO3S. The summed E-state index contributed by atoms with van der Waals surface area (Å²) in [5.41, 5.74) is -6.01. The third-order valence-corrected chi connectivity index (χ3v) is 4.08. The largest absolute Gasteiger partial charge is 0.511 e. The number of hydrogen-bond donors (Lipinski definition) is 2. The zero-order valence-electron chi connectivity index (χ0n) is 8.55. The smallest absolute Gasteiger partial charge is 0.396 e. The van der Waals surface area contributed by atoms with Gasteiger partial charge in [0.25, 0.3) is 0 Å². The Balaban J connectivity index is 2.64. The van der Waals surface area contributed by atoms with Crippen LogP contribution in [-0.4, -0.2) is 32.2 Å². The van der Waals surface area contributed by atoms with E-state index >= 15 is 0 Å². The van der Waals surface area contributed by atoms with Gasteiger partial charge in [-0.2, -0.15) is 13.2 Å². The standard InChI is InChI=1S/C8H14F3NO3S/c9-8(10,11)16(14,15)12-5-7(6-13)3-1-2-4-7/h12-13H,1-6H2. The second kappa shape index (κ2) is 4.50. The van der Waals surface area contributed by atoms with Crippen molar-refractivity contribution < 1.29 is 26.7 Å². The van der Waals surface area contributed by atoms with E-state index < -0.39 is 20.9 Å². The Kier molecular flexibility index (Phi) is 3.86. The molecule has 0 spiro atoms. The summed E-state index contributed by atoms with van der Waals surface area (Å²) in [6.07, 6.45) is 2.69. The van der Waals surface area contributed by atoms with E-state index in [1.165, 1.54) is 4.72 Å². The van der Waals surface area contributed by atoms with E-state index in [-0.39, 0.29) is 13.2 Å². The van der Waals surface area contributed by atoms with E-state index in [1.807, 2.05) is 0 Å². The number of alkyl halides is 3. The molecule has 0 aliphatic heterocycles. The summed E-state index contributed by atoms with van der Waals surface area (Å²) in [4.78, 5) is 0. The number of halogens is 3. The summed E-state index contributed by atoms with van der Waals surface area (Å²) in [7, 11) is -5.29. The molecule has 0 unspecified atom stereocenters. The molecule has 1 aliphatic carbocycles. The SMILES string of the molecule is O=S(=O)(NCC1(CO)CCCC1)C(F)(F)F. The maximum Gasteiger partial charge on any atom is 0.511 e. The van der Waals surface area contributed by atoms with Crippen molar-refractivity contribution in [2.24, 2.45) is 5.41 Å². The molecule has 16 heavy (non-hydrogen) atoms. The zero-order chi connectivity index (χ0) is 12.4. The Morgan fingerprint density at radius 3 is 2.12 bits per heavy atom. The highest BCUT2D eigenvalue weighted by Crippen LogP contribution is 2.37. The first-order valence-electron chi connectivity index (χ1n) is 4.89. The van der Waals surface area contributed by atoms with E-state index in [2.05, 4.69) is 0 Å². The van der Waals surface area contributed by atoms with Gasteiger partial charge in [0, 0.05) is 18.6 Å². The zero-order valence-corrected chi connectivity index (χ0v) is 9.36. The van der Waals surface area contributed by atoms with E-state index in [9.17, 15) is 21.6 Å². The van der Waals surface area contributed by atoms with Crippen molar-refractivity contribution >= 4 is 10.0 Å². The fourth-order valence-corrected chi connectivity index (χ4v) is 2.51. The molecule has 1 aliphatic rings. The highest BCUT2D eigenvalue weighted by atomic mass is 32.2. The molecular weight excluding hydrogens is 247 g/mol. The first-order valence-corrected chi connectivity index (χ1v) is 6.38. The predicted octanol–water partition coefficient (Wildman–Crippen LogP) is 0.978. The number of rotatable bonds is 4. The number of hydrogen-bond acceptors (Lipinski definition) is 3. The van der Waals surface area contributed by atoms with Crippen molar-refractivity contribution in [2.45, 2.75) is 31.2 Å². The maximum atomic E-state index is 12.0. The van der Waals surface area contributed by atoms with Crippen LogP contribution in [-0.2, 0) is 10.0 Å². The molecule has 0 aromatic rings. The molecule has 0 saturated heterocycles. The van der Waals surface area contributed by atoms with Crippen LogP contribution in [0.3, 0.4) is 0 Å². The van der Waals surface area contributed by atoms with Gasteiger partial charge >= 0.3 is 15.5 Å². The van der Waals surface area contributed by atoms with Gasteiger partial charge in [-0.15, -0.1) is 0 Å². The van der Waals surface area contributed by atoms with E-state index in [0.717, 1.165) is 12.8 Å². The lowest BCUT2D eigenvalue weighted by Gasteiger charge is -2.26. The normalized spacial score (nSPS) is 21.2. The average Bonchev–Trinajstić information content (AvgIpc) is 2.62.